The summed E-state index contributed by atoms with van der Waals surface area (Å²) >= 11 is 0. The quantitative estimate of drug-likeness (QED) is 0.353. The molecule has 0 radical (unpaired) electrons. The summed E-state index contributed by atoms with van der Waals surface area (Å²) in [7, 11) is 0. The Morgan fingerprint density at radius 1 is 0.800 bits per heavy atom. The SMILES string of the molecule is C/C(=C/CC[C@@]1(CO)CC[C@]2(C)[C@H](CC[C@@H]3[C@@]4(C)CC[C@H](O)[C@@](C)(CO)[C@@H]4CC[C@]32C)[C@H]1O)CO. The number of hydrogen-bond acceptors (Lipinski definition) is 5. The van der Waals surface area contributed by atoms with Gasteiger partial charge < -0.3 is 25.5 Å². The van der Waals surface area contributed by atoms with Crippen molar-refractivity contribution in [1.82, 2.24) is 0 Å². The van der Waals surface area contributed by atoms with Gasteiger partial charge in [0.25, 0.3) is 0 Å². The fourth-order valence-electron chi connectivity index (χ4n) is 10.3. The Labute approximate surface area is 213 Å². The first kappa shape index (κ1) is 27.6. The summed E-state index contributed by atoms with van der Waals surface area (Å²) in [6.45, 7) is 11.5. The molecule has 4 saturated carbocycles. The molecule has 4 rings (SSSR count). The smallest absolute Gasteiger partial charge is 0.0652 e. The van der Waals surface area contributed by atoms with Crippen molar-refractivity contribution in [2.24, 2.45) is 44.8 Å². The zero-order chi connectivity index (χ0) is 25.9. The highest BCUT2D eigenvalue weighted by Crippen LogP contribution is 2.74. The Bertz CT molecular complexity index is 813. The van der Waals surface area contributed by atoms with Gasteiger partial charge in [0.1, 0.15) is 0 Å². The Balaban J connectivity index is 1.63. The predicted molar refractivity (Wildman–Crippen MR) is 139 cm³/mol. The molecule has 5 heteroatoms. The molecule has 0 amide bonds. The maximum Gasteiger partial charge on any atom is 0.0652 e. The molecule has 0 unspecified atom stereocenters. The van der Waals surface area contributed by atoms with E-state index in [0.29, 0.717) is 11.8 Å². The summed E-state index contributed by atoms with van der Waals surface area (Å²) in [6.07, 6.45) is 10.4. The normalized spacial score (nSPS) is 52.4. The average molecular weight is 493 g/mol. The Hall–Kier alpha value is -0.460. The van der Waals surface area contributed by atoms with Gasteiger partial charge in [-0.25, -0.2) is 0 Å². The summed E-state index contributed by atoms with van der Waals surface area (Å²) in [5.41, 5.74) is 0.218. The van der Waals surface area contributed by atoms with Gasteiger partial charge in [-0.2, -0.15) is 0 Å². The standard InChI is InChI=1S/C30H52O5/c1-20(17-31)7-6-12-30(19-33)16-15-28(4)21(25(30)35)8-9-23-26(2)13-11-24(34)27(3,18-32)22(26)10-14-29(23,28)5/h7,21-25,31-35H,6,8-19H2,1-5H3/b20-7-/t21-,22-,23-,24+,25-,26+,27+,28-,29-,30+/m1/s1. The van der Waals surface area contributed by atoms with E-state index in [4.69, 9.17) is 0 Å². The van der Waals surface area contributed by atoms with E-state index in [0.717, 1.165) is 69.8 Å². The third-order valence-electron chi connectivity index (χ3n) is 12.9. The molecule has 0 spiro atoms. The van der Waals surface area contributed by atoms with Crippen molar-refractivity contribution in [2.45, 2.75) is 111 Å². The highest BCUT2D eigenvalue weighted by Gasteiger charge is 2.69. The molecule has 0 aliphatic heterocycles. The molecule has 0 bridgehead atoms. The summed E-state index contributed by atoms with van der Waals surface area (Å²) in [4.78, 5) is 0. The third kappa shape index (κ3) is 3.81. The minimum absolute atomic E-state index is 0.00448. The molecule has 0 saturated heterocycles. The lowest BCUT2D eigenvalue weighted by Gasteiger charge is -2.72. The van der Waals surface area contributed by atoms with Gasteiger partial charge in [0.05, 0.1) is 32.0 Å². The number of aliphatic hydroxyl groups excluding tert-OH is 5. The van der Waals surface area contributed by atoms with Crippen molar-refractivity contribution in [3.63, 3.8) is 0 Å². The van der Waals surface area contributed by atoms with Crippen LogP contribution >= 0.6 is 0 Å². The first-order chi connectivity index (χ1) is 16.4. The van der Waals surface area contributed by atoms with Crippen LogP contribution in [-0.2, 0) is 0 Å². The Kier molecular flexibility index (Phi) is 7.39. The van der Waals surface area contributed by atoms with Crippen molar-refractivity contribution in [3.8, 4) is 0 Å². The Morgan fingerprint density at radius 2 is 1.51 bits per heavy atom. The van der Waals surface area contributed by atoms with E-state index in [9.17, 15) is 25.5 Å². The van der Waals surface area contributed by atoms with Crippen LogP contribution in [0.4, 0.5) is 0 Å². The minimum atomic E-state index is -0.520. The number of aliphatic hydroxyl groups is 5. The molecule has 4 aliphatic carbocycles. The minimum Gasteiger partial charge on any atom is -0.396 e. The van der Waals surface area contributed by atoms with E-state index in [2.05, 4.69) is 27.7 Å². The van der Waals surface area contributed by atoms with Crippen LogP contribution in [0.25, 0.3) is 0 Å². The highest BCUT2D eigenvalue weighted by atomic mass is 16.3. The van der Waals surface area contributed by atoms with Crippen molar-refractivity contribution >= 4 is 0 Å². The monoisotopic (exact) mass is 492 g/mol. The summed E-state index contributed by atoms with van der Waals surface area (Å²) < 4.78 is 0. The van der Waals surface area contributed by atoms with Crippen molar-refractivity contribution < 1.29 is 25.5 Å². The van der Waals surface area contributed by atoms with Gasteiger partial charge in [0.2, 0.25) is 0 Å². The summed E-state index contributed by atoms with van der Waals surface area (Å²) in [5.74, 6) is 0.997. The largest absolute Gasteiger partial charge is 0.396 e. The maximum atomic E-state index is 11.9. The van der Waals surface area contributed by atoms with E-state index in [1.165, 1.54) is 0 Å². The van der Waals surface area contributed by atoms with Crippen LogP contribution in [0.1, 0.15) is 98.8 Å². The van der Waals surface area contributed by atoms with E-state index in [1.807, 2.05) is 13.0 Å². The van der Waals surface area contributed by atoms with Crippen LogP contribution in [0.5, 0.6) is 0 Å². The van der Waals surface area contributed by atoms with Crippen molar-refractivity contribution in [1.29, 1.82) is 0 Å². The second-order valence-corrected chi connectivity index (χ2v) is 14.1. The maximum absolute atomic E-state index is 11.9. The zero-order valence-electron chi connectivity index (χ0n) is 22.9. The second-order valence-electron chi connectivity index (χ2n) is 14.1. The fourth-order valence-corrected chi connectivity index (χ4v) is 10.3. The molecule has 0 aromatic carbocycles. The summed E-state index contributed by atoms with van der Waals surface area (Å²) in [6, 6.07) is 0. The van der Waals surface area contributed by atoms with Crippen LogP contribution in [0.2, 0.25) is 0 Å². The average Bonchev–Trinajstić information content (AvgIpc) is 2.84. The molecule has 35 heavy (non-hydrogen) atoms. The molecular formula is C30H52O5. The van der Waals surface area contributed by atoms with Gasteiger partial charge >= 0.3 is 0 Å². The zero-order valence-corrected chi connectivity index (χ0v) is 22.9. The van der Waals surface area contributed by atoms with Gasteiger partial charge in [-0.3, -0.25) is 0 Å². The molecule has 10 atom stereocenters. The van der Waals surface area contributed by atoms with Gasteiger partial charge in [-0.15, -0.1) is 0 Å². The molecule has 202 valence electrons. The van der Waals surface area contributed by atoms with E-state index < -0.39 is 23.0 Å². The van der Waals surface area contributed by atoms with Gasteiger partial charge in [0, 0.05) is 10.8 Å². The lowest BCUT2D eigenvalue weighted by Crippen LogP contribution is -2.68. The number of rotatable bonds is 6. The molecule has 4 aliphatic rings. The van der Waals surface area contributed by atoms with E-state index in [-0.39, 0.29) is 42.0 Å². The number of fused-ring (bicyclic) bond motifs is 5. The van der Waals surface area contributed by atoms with Crippen LogP contribution in [-0.4, -0.2) is 57.6 Å². The fraction of sp³-hybridized carbons (Fsp3) is 0.933. The lowest BCUT2D eigenvalue weighted by atomic mass is 9.33. The number of hydrogen-bond donors (Lipinski definition) is 5. The van der Waals surface area contributed by atoms with Gasteiger partial charge in [-0.1, -0.05) is 39.3 Å². The predicted octanol–water partition coefficient (Wildman–Crippen LogP) is 4.45. The molecule has 0 heterocycles. The van der Waals surface area contributed by atoms with Crippen LogP contribution in [0.15, 0.2) is 11.6 Å². The topological polar surface area (TPSA) is 101 Å². The molecule has 4 fully saturated rings. The molecular weight excluding hydrogens is 440 g/mol. The van der Waals surface area contributed by atoms with Gasteiger partial charge in [-0.05, 0) is 105 Å². The van der Waals surface area contributed by atoms with Crippen molar-refractivity contribution in [3.05, 3.63) is 11.6 Å². The van der Waals surface area contributed by atoms with Crippen LogP contribution in [0, 0.1) is 44.8 Å². The second kappa shape index (κ2) is 9.38. The molecule has 0 aromatic heterocycles. The molecule has 5 N–H and O–H groups in total. The van der Waals surface area contributed by atoms with Crippen LogP contribution in [0.3, 0.4) is 0 Å². The van der Waals surface area contributed by atoms with Gasteiger partial charge in [0.15, 0.2) is 0 Å². The van der Waals surface area contributed by atoms with Crippen LogP contribution < -0.4 is 0 Å². The van der Waals surface area contributed by atoms with E-state index in [1.54, 1.807) is 0 Å². The first-order valence-corrected chi connectivity index (χ1v) is 14.2. The number of allylic oxidation sites excluding steroid dienone is 1. The molecule has 0 aromatic rings. The third-order valence-corrected chi connectivity index (χ3v) is 12.9. The summed E-state index contributed by atoms with van der Waals surface area (Å²) in [5, 5.41) is 53.0. The first-order valence-electron chi connectivity index (χ1n) is 14.2. The van der Waals surface area contributed by atoms with E-state index >= 15 is 0 Å². The Morgan fingerprint density at radius 3 is 2.14 bits per heavy atom. The van der Waals surface area contributed by atoms with Crippen molar-refractivity contribution in [2.75, 3.05) is 19.8 Å². The lowest BCUT2D eigenvalue weighted by molar-refractivity contribution is -0.264. The molecule has 5 nitrogen and oxygen atoms in total. The highest BCUT2D eigenvalue weighted by molar-refractivity contribution is 5.18.